The number of hydrogen-bond acceptors (Lipinski definition) is 7. The van der Waals surface area contributed by atoms with Crippen LogP contribution >= 0.6 is 22.9 Å². The molecule has 14 heteroatoms. The fraction of sp³-hybridized carbons (Fsp3) is 0.273. The van der Waals surface area contributed by atoms with Crippen molar-refractivity contribution in [3.05, 3.63) is 63.4 Å². The van der Waals surface area contributed by atoms with E-state index in [1.807, 2.05) is 0 Å². The van der Waals surface area contributed by atoms with Crippen LogP contribution in [0.3, 0.4) is 0 Å². The van der Waals surface area contributed by atoms with E-state index in [9.17, 15) is 26.4 Å². The van der Waals surface area contributed by atoms with Gasteiger partial charge >= 0.3 is 6.18 Å². The number of amides is 1. The summed E-state index contributed by atoms with van der Waals surface area (Å²) in [7, 11) is -3.95. The van der Waals surface area contributed by atoms with Gasteiger partial charge in [0.1, 0.15) is 0 Å². The predicted molar refractivity (Wildman–Crippen MR) is 132 cm³/mol. The third-order valence-corrected chi connectivity index (χ3v) is 7.77. The number of nitrogens with one attached hydrogen (secondary N) is 4. The van der Waals surface area contributed by atoms with Crippen molar-refractivity contribution in [2.45, 2.75) is 36.5 Å². The zero-order chi connectivity index (χ0) is 26.1. The summed E-state index contributed by atoms with van der Waals surface area (Å²) in [5.41, 5.74) is 1.56. The molecule has 3 aromatic rings. The normalized spacial score (nSPS) is 18.1. The van der Waals surface area contributed by atoms with Gasteiger partial charge in [0.15, 0.2) is 5.82 Å². The highest BCUT2D eigenvalue weighted by molar-refractivity contribution is 7.92. The van der Waals surface area contributed by atoms with Crippen molar-refractivity contribution in [1.29, 1.82) is 0 Å². The van der Waals surface area contributed by atoms with Crippen molar-refractivity contribution in [1.82, 2.24) is 15.6 Å². The van der Waals surface area contributed by atoms with Gasteiger partial charge in [0.05, 0.1) is 32.7 Å². The van der Waals surface area contributed by atoms with E-state index in [0.29, 0.717) is 29.9 Å². The Kier molecular flexibility index (Phi) is 7.46. The second-order valence-corrected chi connectivity index (χ2v) is 10.9. The number of nitrogens with zero attached hydrogens (tertiary/aromatic N) is 1. The van der Waals surface area contributed by atoms with E-state index >= 15 is 0 Å². The largest absolute Gasteiger partial charge is 0.416 e. The lowest BCUT2D eigenvalue weighted by Crippen LogP contribution is -2.37. The first-order chi connectivity index (χ1) is 16.9. The van der Waals surface area contributed by atoms with Crippen molar-refractivity contribution in [2.24, 2.45) is 0 Å². The monoisotopic (exact) mass is 559 g/mol. The minimum atomic E-state index is -4.56. The Morgan fingerprint density at radius 2 is 1.94 bits per heavy atom. The minimum Gasteiger partial charge on any atom is -0.354 e. The minimum absolute atomic E-state index is 0.0415. The highest BCUT2D eigenvalue weighted by Crippen LogP contribution is 2.38. The molecule has 1 amide bonds. The van der Waals surface area contributed by atoms with Crippen LogP contribution in [0.15, 0.2) is 52.2 Å². The Morgan fingerprint density at radius 3 is 2.58 bits per heavy atom. The van der Waals surface area contributed by atoms with E-state index < -0.39 is 33.8 Å². The molecule has 0 aliphatic carbocycles. The maximum atomic E-state index is 13.5. The van der Waals surface area contributed by atoms with Gasteiger partial charge in [-0.25, -0.2) is 13.4 Å². The van der Waals surface area contributed by atoms with E-state index in [2.05, 4.69) is 25.7 Å². The van der Waals surface area contributed by atoms with E-state index in [-0.39, 0.29) is 21.6 Å². The molecule has 0 radical (unpaired) electrons. The van der Waals surface area contributed by atoms with Crippen molar-refractivity contribution < 1.29 is 26.4 Å². The third kappa shape index (κ3) is 5.91. The maximum Gasteiger partial charge on any atom is 0.416 e. The first-order valence-electron chi connectivity index (χ1n) is 10.6. The summed E-state index contributed by atoms with van der Waals surface area (Å²) in [5, 5.41) is 10.5. The van der Waals surface area contributed by atoms with E-state index in [0.717, 1.165) is 12.1 Å². The van der Waals surface area contributed by atoms with E-state index in [4.69, 9.17) is 11.6 Å². The summed E-state index contributed by atoms with van der Waals surface area (Å²) < 4.78 is 68.0. The molecule has 1 aliphatic rings. The number of alkyl halides is 3. The molecule has 1 aliphatic heterocycles. The van der Waals surface area contributed by atoms with Gasteiger partial charge in [-0.2, -0.15) is 13.2 Å². The zero-order valence-corrected chi connectivity index (χ0v) is 21.1. The van der Waals surface area contributed by atoms with Gasteiger partial charge in [0.25, 0.3) is 10.0 Å². The number of carbonyl (C=O) groups is 1. The summed E-state index contributed by atoms with van der Waals surface area (Å²) in [6.07, 6.45) is -4.02. The van der Waals surface area contributed by atoms with Gasteiger partial charge in [-0.05, 0) is 54.9 Å². The highest BCUT2D eigenvalue weighted by atomic mass is 35.5. The van der Waals surface area contributed by atoms with Crippen LogP contribution in [0.4, 0.5) is 30.4 Å². The van der Waals surface area contributed by atoms with Crippen molar-refractivity contribution in [2.75, 3.05) is 16.6 Å². The molecule has 0 spiro atoms. The number of hydrogen-bond donors (Lipinski definition) is 4. The zero-order valence-electron chi connectivity index (χ0n) is 18.7. The Bertz CT molecular complexity index is 1370. The molecule has 1 aromatic heterocycles. The second kappa shape index (κ2) is 10.2. The van der Waals surface area contributed by atoms with Crippen LogP contribution in [0.5, 0.6) is 0 Å². The highest BCUT2D eigenvalue weighted by Gasteiger charge is 2.35. The number of sulfonamides is 1. The molecular formula is C22H21ClF3N5O3S2. The summed E-state index contributed by atoms with van der Waals surface area (Å²) in [5.74, 6) is -0.119. The first-order valence-corrected chi connectivity index (χ1v) is 13.4. The molecule has 192 valence electrons. The summed E-state index contributed by atoms with van der Waals surface area (Å²) in [6.45, 7) is 1.85. The molecule has 2 aromatic carbocycles. The summed E-state index contributed by atoms with van der Waals surface area (Å²) >= 11 is 7.59. The lowest BCUT2D eigenvalue weighted by molar-refractivity contribution is -0.137. The van der Waals surface area contributed by atoms with Gasteiger partial charge in [-0.15, -0.1) is 11.3 Å². The van der Waals surface area contributed by atoms with E-state index in [1.165, 1.54) is 53.4 Å². The fourth-order valence-electron chi connectivity index (χ4n) is 3.93. The number of carbonyl (C=O) groups excluding carboxylic acids is 1. The molecule has 36 heavy (non-hydrogen) atoms. The van der Waals surface area contributed by atoms with Crippen LogP contribution in [0.2, 0.25) is 5.02 Å². The van der Waals surface area contributed by atoms with Gasteiger partial charge in [0.2, 0.25) is 5.91 Å². The average Bonchev–Trinajstić information content (AvgIpc) is 3.46. The molecular weight excluding hydrogens is 539 g/mol. The van der Waals surface area contributed by atoms with Crippen molar-refractivity contribution in [3.8, 4) is 0 Å². The van der Waals surface area contributed by atoms with Crippen LogP contribution < -0.4 is 20.7 Å². The van der Waals surface area contributed by atoms with Crippen molar-refractivity contribution in [3.63, 3.8) is 0 Å². The number of rotatable bonds is 7. The standard InChI is InChI=1S/C22H21ClF3N5O3S2/c1-12(32)29-19-6-7-27-21(19)15-8-13(22(24,25)26)2-4-17(15)30-18-5-3-14(9-16(18)23)36(33,34)31-20-10-35-11-28-20/h2-5,8-11,19,21,27,30-31H,6-7H2,1H3,(H,29,32). The topological polar surface area (TPSA) is 112 Å². The van der Waals surface area contributed by atoms with Gasteiger partial charge in [-0.1, -0.05) is 11.6 Å². The van der Waals surface area contributed by atoms with Gasteiger partial charge in [0, 0.05) is 24.0 Å². The smallest absolute Gasteiger partial charge is 0.354 e. The van der Waals surface area contributed by atoms with Crippen LogP contribution in [0, 0.1) is 0 Å². The van der Waals surface area contributed by atoms with E-state index in [1.54, 1.807) is 0 Å². The van der Waals surface area contributed by atoms with Crippen LogP contribution in [0.25, 0.3) is 0 Å². The number of benzene rings is 2. The molecule has 4 rings (SSSR count). The SMILES string of the molecule is CC(=O)NC1CCNC1c1cc(C(F)(F)F)ccc1Nc1ccc(S(=O)(=O)Nc2cscn2)cc1Cl. The molecule has 2 atom stereocenters. The Labute approximate surface area is 214 Å². The predicted octanol–water partition coefficient (Wildman–Crippen LogP) is 4.90. The number of anilines is 3. The molecule has 0 saturated carbocycles. The molecule has 1 saturated heterocycles. The van der Waals surface area contributed by atoms with Crippen molar-refractivity contribution >= 4 is 56.1 Å². The van der Waals surface area contributed by atoms with Crippen LogP contribution in [-0.2, 0) is 21.0 Å². The lowest BCUT2D eigenvalue weighted by atomic mass is 9.96. The van der Waals surface area contributed by atoms with Crippen LogP contribution in [-0.4, -0.2) is 31.9 Å². The number of thiazole rings is 1. The molecule has 2 heterocycles. The molecule has 4 N–H and O–H groups in total. The fourth-order valence-corrected chi connectivity index (χ4v) is 5.80. The van der Waals surface area contributed by atoms with Crippen LogP contribution in [0.1, 0.15) is 30.5 Å². The molecule has 8 nitrogen and oxygen atoms in total. The second-order valence-electron chi connectivity index (χ2n) is 8.07. The lowest BCUT2D eigenvalue weighted by Gasteiger charge is -2.25. The maximum absolute atomic E-state index is 13.5. The van der Waals surface area contributed by atoms with Gasteiger partial charge in [-0.3, -0.25) is 9.52 Å². The Hall–Kier alpha value is -2.87. The Morgan fingerprint density at radius 1 is 1.19 bits per heavy atom. The average molecular weight is 560 g/mol. The summed E-state index contributed by atoms with van der Waals surface area (Å²) in [6, 6.07) is 6.24. The third-order valence-electron chi connectivity index (χ3n) is 5.52. The number of halogens is 4. The first kappa shape index (κ1) is 26.2. The molecule has 1 fully saturated rings. The molecule has 2 unspecified atom stereocenters. The summed E-state index contributed by atoms with van der Waals surface area (Å²) in [4.78, 5) is 15.4. The quantitative estimate of drug-likeness (QED) is 0.328. The van der Waals surface area contributed by atoms with Gasteiger partial charge < -0.3 is 16.0 Å². The molecule has 0 bridgehead atoms. The Balaban J connectivity index is 1.66. The number of aromatic nitrogens is 1.